The lowest BCUT2D eigenvalue weighted by molar-refractivity contribution is -0.384. The highest BCUT2D eigenvalue weighted by atomic mass is 16.6. The Hall–Kier alpha value is -2.89. The monoisotopic (exact) mass is 269 g/mol. The number of nitrogens with zero attached hydrogens (tertiary/aromatic N) is 3. The molecule has 0 radical (unpaired) electrons. The van der Waals surface area contributed by atoms with E-state index < -0.39 is 4.92 Å². The number of non-ortho nitro benzene ring substituents is 1. The molecule has 6 heteroatoms. The Bertz CT molecular complexity index is 795. The van der Waals surface area contributed by atoms with E-state index in [-0.39, 0.29) is 5.69 Å². The van der Waals surface area contributed by atoms with Crippen molar-refractivity contribution in [3.05, 3.63) is 58.9 Å². The quantitative estimate of drug-likeness (QED) is 0.541. The zero-order valence-corrected chi connectivity index (χ0v) is 10.7. The molecule has 100 valence electrons. The summed E-state index contributed by atoms with van der Waals surface area (Å²) in [5.74, 6) is 0.716. The highest BCUT2D eigenvalue weighted by Crippen LogP contribution is 2.24. The first kappa shape index (κ1) is 12.2. The second-order valence-corrected chi connectivity index (χ2v) is 4.27. The highest BCUT2D eigenvalue weighted by molar-refractivity contribution is 5.65. The first-order valence-corrected chi connectivity index (χ1v) is 5.95. The van der Waals surface area contributed by atoms with E-state index in [1.54, 1.807) is 25.3 Å². The number of fused-ring (bicyclic) bond motifs is 1. The van der Waals surface area contributed by atoms with Crippen LogP contribution < -0.4 is 4.74 Å². The normalized spacial score (nSPS) is 10.7. The molecule has 2 heterocycles. The lowest BCUT2D eigenvalue weighted by Crippen LogP contribution is -1.87. The Balaban J connectivity index is 2.10. The van der Waals surface area contributed by atoms with Crippen LogP contribution in [0.4, 0.5) is 5.69 Å². The van der Waals surface area contributed by atoms with Gasteiger partial charge in [0.15, 0.2) is 0 Å². The summed E-state index contributed by atoms with van der Waals surface area (Å²) in [5, 5.41) is 10.8. The lowest BCUT2D eigenvalue weighted by atomic mass is 10.1. The van der Waals surface area contributed by atoms with Gasteiger partial charge in [-0.15, -0.1) is 0 Å². The summed E-state index contributed by atoms with van der Waals surface area (Å²) < 4.78 is 6.99. The minimum absolute atomic E-state index is 0.0529. The first-order valence-electron chi connectivity index (χ1n) is 5.95. The van der Waals surface area contributed by atoms with Crippen molar-refractivity contribution in [1.82, 2.24) is 9.38 Å². The van der Waals surface area contributed by atoms with Gasteiger partial charge in [-0.1, -0.05) is 12.1 Å². The summed E-state index contributed by atoms with van der Waals surface area (Å²) in [6.45, 7) is 0. The van der Waals surface area contributed by atoms with E-state index in [4.69, 9.17) is 4.74 Å². The van der Waals surface area contributed by atoms with Crippen LogP contribution in [0.15, 0.2) is 48.8 Å². The standard InChI is InChI=1S/C14H11N3O3/c1-20-12-5-6-16-9-13(15-14(16)8-12)10-3-2-4-11(7-10)17(18)19/h2-9H,1H3. The number of nitro benzene ring substituents is 1. The third-order valence-electron chi connectivity index (χ3n) is 3.02. The fourth-order valence-corrected chi connectivity index (χ4v) is 2.01. The molecular formula is C14H11N3O3. The van der Waals surface area contributed by atoms with Crippen LogP contribution in [0.25, 0.3) is 16.9 Å². The number of hydrogen-bond acceptors (Lipinski definition) is 4. The number of nitro groups is 1. The molecule has 2 aromatic heterocycles. The van der Waals surface area contributed by atoms with Gasteiger partial charge in [0.05, 0.1) is 17.7 Å². The zero-order chi connectivity index (χ0) is 14.1. The summed E-state index contributed by atoms with van der Waals surface area (Å²) in [6.07, 6.45) is 3.66. The lowest BCUT2D eigenvalue weighted by Gasteiger charge is -1.98. The zero-order valence-electron chi connectivity index (χ0n) is 10.7. The molecule has 0 saturated carbocycles. The van der Waals surface area contributed by atoms with E-state index in [1.807, 2.05) is 22.9 Å². The van der Waals surface area contributed by atoms with Crippen molar-refractivity contribution >= 4 is 11.3 Å². The van der Waals surface area contributed by atoms with Crippen LogP contribution in [0, 0.1) is 10.1 Å². The third kappa shape index (κ3) is 2.07. The molecule has 0 fully saturated rings. The molecule has 1 aromatic carbocycles. The maximum Gasteiger partial charge on any atom is 0.270 e. The maximum absolute atomic E-state index is 10.8. The average molecular weight is 269 g/mol. The van der Waals surface area contributed by atoms with Gasteiger partial charge in [0.1, 0.15) is 11.4 Å². The number of aromatic nitrogens is 2. The van der Waals surface area contributed by atoms with Crippen molar-refractivity contribution in [2.24, 2.45) is 0 Å². The van der Waals surface area contributed by atoms with E-state index >= 15 is 0 Å². The molecule has 0 saturated heterocycles. The van der Waals surface area contributed by atoms with E-state index in [0.29, 0.717) is 17.0 Å². The first-order chi connectivity index (χ1) is 9.67. The van der Waals surface area contributed by atoms with E-state index in [2.05, 4.69) is 4.98 Å². The van der Waals surface area contributed by atoms with Gasteiger partial charge < -0.3 is 9.14 Å². The smallest absolute Gasteiger partial charge is 0.270 e. The number of benzene rings is 1. The van der Waals surface area contributed by atoms with Crippen LogP contribution in [0.1, 0.15) is 0 Å². The van der Waals surface area contributed by atoms with Crippen molar-refractivity contribution in [3.63, 3.8) is 0 Å². The van der Waals surface area contributed by atoms with E-state index in [9.17, 15) is 10.1 Å². The van der Waals surface area contributed by atoms with Crippen molar-refractivity contribution in [2.75, 3.05) is 7.11 Å². The van der Waals surface area contributed by atoms with Crippen molar-refractivity contribution in [1.29, 1.82) is 0 Å². The Labute approximate surface area is 114 Å². The van der Waals surface area contributed by atoms with Gasteiger partial charge in [0.25, 0.3) is 5.69 Å². The molecule has 6 nitrogen and oxygen atoms in total. The van der Waals surface area contributed by atoms with Crippen LogP contribution >= 0.6 is 0 Å². The van der Waals surface area contributed by atoms with Gasteiger partial charge in [0, 0.05) is 36.2 Å². The molecule has 0 unspecified atom stereocenters. The minimum atomic E-state index is -0.414. The summed E-state index contributed by atoms with van der Waals surface area (Å²) in [6, 6.07) is 10.1. The molecule has 0 aliphatic heterocycles. The topological polar surface area (TPSA) is 69.7 Å². The summed E-state index contributed by atoms with van der Waals surface area (Å²) >= 11 is 0. The molecule has 0 aliphatic carbocycles. The molecule has 0 bridgehead atoms. The minimum Gasteiger partial charge on any atom is -0.497 e. The molecule has 0 amide bonds. The Morgan fingerprint density at radius 2 is 2.15 bits per heavy atom. The fraction of sp³-hybridized carbons (Fsp3) is 0.0714. The molecule has 0 aliphatic rings. The molecule has 3 aromatic rings. The number of ether oxygens (including phenoxy) is 1. The van der Waals surface area contributed by atoms with Gasteiger partial charge in [-0.3, -0.25) is 10.1 Å². The van der Waals surface area contributed by atoms with Crippen LogP contribution in [0.3, 0.4) is 0 Å². The second kappa shape index (κ2) is 4.65. The van der Waals surface area contributed by atoms with E-state index in [0.717, 1.165) is 5.65 Å². The van der Waals surface area contributed by atoms with Crippen molar-refractivity contribution in [3.8, 4) is 17.0 Å². The number of pyridine rings is 1. The molecule has 3 rings (SSSR count). The Morgan fingerprint density at radius 1 is 1.30 bits per heavy atom. The highest BCUT2D eigenvalue weighted by Gasteiger charge is 2.10. The van der Waals surface area contributed by atoms with Gasteiger partial charge >= 0.3 is 0 Å². The number of methoxy groups -OCH3 is 1. The van der Waals surface area contributed by atoms with Crippen LogP contribution in [0.2, 0.25) is 0 Å². The van der Waals surface area contributed by atoms with Crippen molar-refractivity contribution in [2.45, 2.75) is 0 Å². The third-order valence-corrected chi connectivity index (χ3v) is 3.02. The van der Waals surface area contributed by atoms with Gasteiger partial charge in [0.2, 0.25) is 0 Å². The van der Waals surface area contributed by atoms with Crippen molar-refractivity contribution < 1.29 is 9.66 Å². The maximum atomic E-state index is 10.8. The number of imidazole rings is 1. The molecule has 0 spiro atoms. The molecule has 0 atom stereocenters. The Kier molecular flexibility index (Phi) is 2.83. The number of rotatable bonds is 3. The van der Waals surface area contributed by atoms with Gasteiger partial charge in [-0.2, -0.15) is 0 Å². The van der Waals surface area contributed by atoms with E-state index in [1.165, 1.54) is 12.1 Å². The van der Waals surface area contributed by atoms with Crippen LogP contribution in [0.5, 0.6) is 5.75 Å². The number of hydrogen-bond donors (Lipinski definition) is 0. The van der Waals surface area contributed by atoms with Crippen LogP contribution in [-0.4, -0.2) is 21.4 Å². The SMILES string of the molecule is COc1ccn2cc(-c3cccc([N+](=O)[O-])c3)nc2c1. The van der Waals surface area contributed by atoms with Crippen LogP contribution in [-0.2, 0) is 0 Å². The summed E-state index contributed by atoms with van der Waals surface area (Å²) in [7, 11) is 1.59. The van der Waals surface area contributed by atoms with Gasteiger partial charge in [-0.25, -0.2) is 4.98 Å². The largest absolute Gasteiger partial charge is 0.497 e. The Morgan fingerprint density at radius 3 is 2.90 bits per heavy atom. The molecular weight excluding hydrogens is 258 g/mol. The molecule has 0 N–H and O–H groups in total. The average Bonchev–Trinajstić information content (AvgIpc) is 2.90. The molecule has 20 heavy (non-hydrogen) atoms. The fourth-order valence-electron chi connectivity index (χ4n) is 2.01. The summed E-state index contributed by atoms with van der Waals surface area (Å²) in [5.41, 5.74) is 2.17. The van der Waals surface area contributed by atoms with Gasteiger partial charge in [-0.05, 0) is 6.07 Å². The second-order valence-electron chi connectivity index (χ2n) is 4.27. The predicted octanol–water partition coefficient (Wildman–Crippen LogP) is 2.92. The summed E-state index contributed by atoms with van der Waals surface area (Å²) in [4.78, 5) is 14.8. The predicted molar refractivity (Wildman–Crippen MR) is 73.8 cm³/mol.